The lowest BCUT2D eigenvalue weighted by Crippen LogP contribution is -2.57. The van der Waals surface area contributed by atoms with E-state index in [1.165, 1.54) is 13.2 Å². The van der Waals surface area contributed by atoms with Crippen molar-refractivity contribution in [1.29, 1.82) is 21.2 Å². The van der Waals surface area contributed by atoms with Gasteiger partial charge in [-0.1, -0.05) is 41.4 Å². The van der Waals surface area contributed by atoms with Gasteiger partial charge in [0.25, 0.3) is 0 Å². The highest BCUT2D eigenvalue weighted by Gasteiger charge is 2.79. The second-order valence-corrected chi connectivity index (χ2v) is 8.61. The maximum Gasteiger partial charge on any atom is 0.218 e. The van der Waals surface area contributed by atoms with Crippen molar-refractivity contribution in [3.05, 3.63) is 63.6 Å². The number of halogens is 2. The summed E-state index contributed by atoms with van der Waals surface area (Å²) in [6, 6.07) is 17.5. The maximum absolute atomic E-state index is 10.5. The van der Waals surface area contributed by atoms with Crippen LogP contribution in [0.2, 0.25) is 10.0 Å². The number of hydrogen-bond donors (Lipinski definition) is 1. The Morgan fingerprint density at radius 3 is 2.22 bits per heavy atom. The summed E-state index contributed by atoms with van der Waals surface area (Å²) in [5.74, 6) is -2.38. The van der Waals surface area contributed by atoms with Crippen LogP contribution in [0.5, 0.6) is 5.75 Å². The average Bonchev–Trinajstić information content (AvgIpc) is 2.96. The van der Waals surface area contributed by atoms with E-state index in [1.807, 2.05) is 12.1 Å². The Morgan fingerprint density at radius 2 is 1.69 bits per heavy atom. The molecular weight excluding hydrogens is 451 g/mol. The van der Waals surface area contributed by atoms with E-state index in [4.69, 9.17) is 42.8 Å². The molecule has 2 aromatic rings. The molecule has 0 saturated carbocycles. The first-order chi connectivity index (χ1) is 15.2. The van der Waals surface area contributed by atoms with Gasteiger partial charge in [0.2, 0.25) is 17.1 Å². The summed E-state index contributed by atoms with van der Waals surface area (Å²) in [7, 11) is 1.52. The number of hydrogen-bond acceptors (Lipinski definition) is 7. The molecule has 160 valence electrons. The molecule has 0 amide bonds. The van der Waals surface area contributed by atoms with E-state index in [-0.39, 0.29) is 5.02 Å². The van der Waals surface area contributed by atoms with Crippen molar-refractivity contribution in [3.8, 4) is 24.0 Å². The summed E-state index contributed by atoms with van der Waals surface area (Å²) >= 11 is 12.4. The zero-order chi connectivity index (χ0) is 23.3. The van der Waals surface area contributed by atoms with E-state index in [9.17, 15) is 15.8 Å². The van der Waals surface area contributed by atoms with Gasteiger partial charge in [-0.15, -0.1) is 0 Å². The lowest BCUT2D eigenvalue weighted by Gasteiger charge is -2.49. The SMILES string of the molecule is COc1ccc(C2C3(C)OC(=N)C2(C#N)C(C#N)(C#N)C(c2ccc(Cl)cc2Cl)O3)cc1. The van der Waals surface area contributed by atoms with Gasteiger partial charge in [0.05, 0.1) is 31.2 Å². The van der Waals surface area contributed by atoms with Gasteiger partial charge in [-0.3, -0.25) is 5.41 Å². The van der Waals surface area contributed by atoms with Crippen LogP contribution in [0.1, 0.15) is 30.1 Å². The minimum Gasteiger partial charge on any atom is -0.497 e. The molecule has 2 fully saturated rings. The Balaban J connectivity index is 2.01. The third-order valence-electron chi connectivity index (χ3n) is 6.21. The van der Waals surface area contributed by atoms with E-state index >= 15 is 0 Å². The summed E-state index contributed by atoms with van der Waals surface area (Å²) in [5.41, 5.74) is -3.24. The number of nitriles is 3. The van der Waals surface area contributed by atoms with E-state index in [0.717, 1.165) is 0 Å². The zero-order valence-corrected chi connectivity index (χ0v) is 18.5. The number of methoxy groups -OCH3 is 1. The van der Waals surface area contributed by atoms with Crippen molar-refractivity contribution >= 4 is 29.1 Å². The molecule has 2 aliphatic rings. The summed E-state index contributed by atoms with van der Waals surface area (Å²) < 4.78 is 17.3. The quantitative estimate of drug-likeness (QED) is 0.668. The Bertz CT molecular complexity index is 1230. The molecule has 2 aromatic carbocycles. The van der Waals surface area contributed by atoms with Crippen molar-refractivity contribution in [1.82, 2.24) is 0 Å². The Morgan fingerprint density at radius 1 is 1.03 bits per heavy atom. The van der Waals surface area contributed by atoms with Crippen LogP contribution in [0.3, 0.4) is 0 Å². The highest BCUT2D eigenvalue weighted by Crippen LogP contribution is 2.69. The second-order valence-electron chi connectivity index (χ2n) is 7.77. The number of benzene rings is 2. The van der Waals surface area contributed by atoms with E-state index < -0.39 is 34.5 Å². The summed E-state index contributed by atoms with van der Waals surface area (Å²) in [6.07, 6.45) is -1.27. The van der Waals surface area contributed by atoms with Gasteiger partial charge in [-0.05, 0) is 29.8 Å². The molecule has 1 N–H and O–H groups in total. The third-order valence-corrected chi connectivity index (χ3v) is 6.77. The van der Waals surface area contributed by atoms with Gasteiger partial charge in [0, 0.05) is 22.5 Å². The van der Waals surface area contributed by atoms with Crippen molar-refractivity contribution in [2.24, 2.45) is 10.8 Å². The smallest absolute Gasteiger partial charge is 0.218 e. The Hall–Kier alpha value is -3.28. The predicted octanol–water partition coefficient (Wildman–Crippen LogP) is 5.12. The fourth-order valence-corrected chi connectivity index (χ4v) is 5.28. The highest BCUT2D eigenvalue weighted by atomic mass is 35.5. The van der Waals surface area contributed by atoms with Crippen LogP contribution in [-0.4, -0.2) is 18.8 Å². The molecule has 0 spiro atoms. The van der Waals surface area contributed by atoms with Gasteiger partial charge in [0.1, 0.15) is 11.9 Å². The van der Waals surface area contributed by atoms with Crippen LogP contribution >= 0.6 is 23.2 Å². The molecule has 2 saturated heterocycles. The number of nitrogens with one attached hydrogen (secondary N) is 1. The van der Waals surface area contributed by atoms with Crippen LogP contribution in [0.15, 0.2) is 42.5 Å². The molecule has 0 aromatic heterocycles. The lowest BCUT2D eigenvalue weighted by molar-refractivity contribution is -0.253. The largest absolute Gasteiger partial charge is 0.497 e. The average molecular weight is 467 g/mol. The molecule has 2 bridgehead atoms. The van der Waals surface area contributed by atoms with Crippen LogP contribution in [0, 0.1) is 50.2 Å². The molecule has 2 aliphatic heterocycles. The van der Waals surface area contributed by atoms with Crippen molar-refractivity contribution in [2.45, 2.75) is 24.7 Å². The predicted molar refractivity (Wildman–Crippen MR) is 115 cm³/mol. The first-order valence-electron chi connectivity index (χ1n) is 9.51. The van der Waals surface area contributed by atoms with Crippen LogP contribution in [0.4, 0.5) is 0 Å². The first kappa shape index (κ1) is 21.9. The topological polar surface area (TPSA) is 123 Å². The van der Waals surface area contributed by atoms with Gasteiger partial charge in [-0.2, -0.15) is 15.8 Å². The van der Waals surface area contributed by atoms with E-state index in [1.54, 1.807) is 43.3 Å². The standard InChI is InChI=1S/C23H16Cl2N4O3/c1-21-18(13-3-6-15(30-2)7-4-13)23(12-28,20(29)32-21)22(10-26,11-27)19(31-21)16-8-5-14(24)9-17(16)25/h3-9,18-19,29H,1-2H3. The van der Waals surface area contributed by atoms with Crippen molar-refractivity contribution in [2.75, 3.05) is 7.11 Å². The molecule has 0 aliphatic carbocycles. The van der Waals surface area contributed by atoms with E-state index in [0.29, 0.717) is 21.9 Å². The molecular formula is C23H16Cl2N4O3. The lowest BCUT2D eigenvalue weighted by atomic mass is 9.52. The van der Waals surface area contributed by atoms with Crippen LogP contribution < -0.4 is 4.74 Å². The molecule has 9 heteroatoms. The van der Waals surface area contributed by atoms with E-state index in [2.05, 4.69) is 6.07 Å². The Labute approximate surface area is 194 Å². The van der Waals surface area contributed by atoms with Gasteiger partial charge in [0.15, 0.2) is 5.41 Å². The van der Waals surface area contributed by atoms with Crippen LogP contribution in [-0.2, 0) is 9.47 Å². The van der Waals surface area contributed by atoms with Crippen molar-refractivity contribution < 1.29 is 14.2 Å². The summed E-state index contributed by atoms with van der Waals surface area (Å²) in [5, 5.41) is 40.3. The van der Waals surface area contributed by atoms with Crippen LogP contribution in [0.25, 0.3) is 0 Å². The molecule has 4 atom stereocenters. The Kier molecular flexibility index (Phi) is 5.07. The summed E-state index contributed by atoms with van der Waals surface area (Å²) in [4.78, 5) is 0. The zero-order valence-electron chi connectivity index (χ0n) is 17.0. The van der Waals surface area contributed by atoms with Gasteiger partial charge >= 0.3 is 0 Å². The molecule has 32 heavy (non-hydrogen) atoms. The minimum atomic E-state index is -2.14. The number of fused-ring (bicyclic) bond motifs is 2. The van der Waals surface area contributed by atoms with Gasteiger partial charge < -0.3 is 14.2 Å². The van der Waals surface area contributed by atoms with Crippen molar-refractivity contribution in [3.63, 3.8) is 0 Å². The van der Waals surface area contributed by atoms with Gasteiger partial charge in [-0.25, -0.2) is 0 Å². The number of ether oxygens (including phenoxy) is 3. The molecule has 4 rings (SSSR count). The molecule has 4 unspecified atom stereocenters. The summed E-state index contributed by atoms with van der Waals surface area (Å²) in [6.45, 7) is 1.59. The monoisotopic (exact) mass is 466 g/mol. The fourth-order valence-electron chi connectivity index (χ4n) is 4.78. The number of rotatable bonds is 3. The number of nitrogens with zero attached hydrogens (tertiary/aromatic N) is 3. The fraction of sp³-hybridized carbons (Fsp3) is 0.304. The molecule has 2 heterocycles. The highest BCUT2D eigenvalue weighted by molar-refractivity contribution is 6.35. The molecule has 7 nitrogen and oxygen atoms in total. The minimum absolute atomic E-state index is 0.169. The second kappa shape index (κ2) is 7.40. The maximum atomic E-state index is 10.5. The first-order valence-corrected chi connectivity index (χ1v) is 10.3. The normalized spacial score (nSPS) is 29.8. The third kappa shape index (κ3) is 2.65. The molecule has 0 radical (unpaired) electrons.